The molecule has 1 rings (SSSR count). The summed E-state index contributed by atoms with van der Waals surface area (Å²) in [6, 6.07) is -1.88. The van der Waals surface area contributed by atoms with E-state index < -0.39 is 23.9 Å². The van der Waals surface area contributed by atoms with Crippen molar-refractivity contribution in [1.29, 1.82) is 0 Å². The van der Waals surface area contributed by atoms with E-state index in [0.717, 1.165) is 7.05 Å². The Hall–Kier alpha value is -2.18. The van der Waals surface area contributed by atoms with E-state index in [4.69, 9.17) is 0 Å². The summed E-state index contributed by atoms with van der Waals surface area (Å²) in [5.41, 5.74) is 0. The van der Waals surface area contributed by atoms with Gasteiger partial charge in [-0.3, -0.25) is 14.5 Å². The number of imide groups is 4. The molecule has 1 N–H and O–H groups in total. The average molecular weight is 211 g/mol. The van der Waals surface area contributed by atoms with E-state index in [2.05, 4.69) is 11.9 Å². The van der Waals surface area contributed by atoms with Crippen LogP contribution in [0.25, 0.3) is 0 Å². The lowest BCUT2D eigenvalue weighted by atomic mass is 10.5. The van der Waals surface area contributed by atoms with Crippen molar-refractivity contribution in [2.45, 2.75) is 0 Å². The van der Waals surface area contributed by atoms with E-state index in [1.54, 1.807) is 0 Å². The first-order valence-corrected chi connectivity index (χ1v) is 4.05. The van der Waals surface area contributed by atoms with E-state index in [9.17, 15) is 19.2 Å². The van der Waals surface area contributed by atoms with E-state index in [1.165, 1.54) is 6.08 Å². The maximum atomic E-state index is 11.3. The predicted molar refractivity (Wildman–Crippen MR) is 48.6 cm³/mol. The Morgan fingerprint density at radius 3 is 2.40 bits per heavy atom. The van der Waals surface area contributed by atoms with Crippen LogP contribution in [0.3, 0.4) is 0 Å². The summed E-state index contributed by atoms with van der Waals surface area (Å²) in [4.78, 5) is 45.5. The summed E-state index contributed by atoms with van der Waals surface area (Å²) < 4.78 is 0. The molecule has 0 spiro atoms. The molecule has 1 aliphatic rings. The van der Waals surface area contributed by atoms with Crippen molar-refractivity contribution in [1.82, 2.24) is 15.1 Å². The SMILES string of the molecule is C=CCNC(=O)N1C(=O)C(=O)N(C)C1=O. The second-order valence-corrected chi connectivity index (χ2v) is 2.76. The van der Waals surface area contributed by atoms with Gasteiger partial charge < -0.3 is 5.32 Å². The van der Waals surface area contributed by atoms with Crippen LogP contribution >= 0.6 is 0 Å². The Kier molecular flexibility index (Phi) is 2.84. The molecule has 7 heteroatoms. The van der Waals surface area contributed by atoms with Gasteiger partial charge in [-0.15, -0.1) is 6.58 Å². The molecule has 1 fully saturated rings. The molecule has 0 aromatic carbocycles. The highest BCUT2D eigenvalue weighted by Gasteiger charge is 2.45. The van der Waals surface area contributed by atoms with Crippen molar-refractivity contribution in [3.8, 4) is 0 Å². The third kappa shape index (κ3) is 1.71. The van der Waals surface area contributed by atoms with Crippen molar-refractivity contribution in [3.63, 3.8) is 0 Å². The maximum absolute atomic E-state index is 11.3. The van der Waals surface area contributed by atoms with Crippen molar-refractivity contribution >= 4 is 23.9 Å². The zero-order valence-corrected chi connectivity index (χ0v) is 8.02. The van der Waals surface area contributed by atoms with Gasteiger partial charge in [-0.2, -0.15) is 4.90 Å². The molecule has 15 heavy (non-hydrogen) atoms. The predicted octanol–water partition coefficient (Wildman–Crippen LogP) is -0.697. The maximum Gasteiger partial charge on any atom is 0.342 e. The van der Waals surface area contributed by atoms with Gasteiger partial charge in [0.2, 0.25) is 0 Å². The van der Waals surface area contributed by atoms with Gasteiger partial charge in [0.1, 0.15) is 0 Å². The first kappa shape index (κ1) is 10.9. The fourth-order valence-electron chi connectivity index (χ4n) is 0.980. The number of amides is 6. The van der Waals surface area contributed by atoms with Crippen molar-refractivity contribution in [2.75, 3.05) is 13.6 Å². The van der Waals surface area contributed by atoms with E-state index >= 15 is 0 Å². The zero-order valence-electron chi connectivity index (χ0n) is 8.02. The standard InChI is InChI=1S/C8H9N3O4/c1-3-4-9-7(14)11-6(13)5(12)10(2)8(11)15/h3H,1,4H2,2H3,(H,9,14). The number of likely N-dealkylation sites (N-methyl/N-ethyl adjacent to an activating group) is 1. The summed E-state index contributed by atoms with van der Waals surface area (Å²) in [6.07, 6.45) is 1.38. The normalized spacial score (nSPS) is 15.9. The molecule has 0 aromatic rings. The number of carbonyl (C=O) groups is 4. The van der Waals surface area contributed by atoms with Crippen LogP contribution in [-0.2, 0) is 9.59 Å². The number of rotatable bonds is 2. The van der Waals surface area contributed by atoms with Crippen LogP contribution in [-0.4, -0.2) is 47.3 Å². The molecule has 80 valence electrons. The second kappa shape index (κ2) is 3.91. The minimum atomic E-state index is -1.15. The van der Waals surface area contributed by atoms with Gasteiger partial charge in [-0.05, 0) is 0 Å². The molecule has 0 aliphatic carbocycles. The van der Waals surface area contributed by atoms with Crippen LogP contribution in [0.1, 0.15) is 0 Å². The lowest BCUT2D eigenvalue weighted by Crippen LogP contribution is -2.44. The minimum Gasteiger partial charge on any atom is -0.334 e. The van der Waals surface area contributed by atoms with E-state index in [1.807, 2.05) is 0 Å². The zero-order chi connectivity index (χ0) is 11.6. The molecule has 1 aliphatic heterocycles. The van der Waals surface area contributed by atoms with Crippen molar-refractivity contribution < 1.29 is 19.2 Å². The van der Waals surface area contributed by atoms with Crippen LogP contribution in [0.4, 0.5) is 9.59 Å². The molecule has 0 aromatic heterocycles. The summed E-state index contributed by atoms with van der Waals surface area (Å²) >= 11 is 0. The van der Waals surface area contributed by atoms with Gasteiger partial charge in [0.15, 0.2) is 0 Å². The molecular weight excluding hydrogens is 202 g/mol. The number of carbonyl (C=O) groups excluding carboxylic acids is 4. The van der Waals surface area contributed by atoms with Gasteiger partial charge >= 0.3 is 23.9 Å². The van der Waals surface area contributed by atoms with Gasteiger partial charge in [0, 0.05) is 13.6 Å². The summed E-state index contributed by atoms with van der Waals surface area (Å²) in [5, 5.41) is 2.22. The Morgan fingerprint density at radius 2 is 2.00 bits per heavy atom. The molecule has 0 unspecified atom stereocenters. The minimum absolute atomic E-state index is 0.105. The highest BCUT2D eigenvalue weighted by molar-refractivity contribution is 6.47. The smallest absolute Gasteiger partial charge is 0.334 e. The van der Waals surface area contributed by atoms with Crippen LogP contribution < -0.4 is 5.32 Å². The molecule has 0 saturated carbocycles. The number of urea groups is 2. The van der Waals surface area contributed by atoms with E-state index in [-0.39, 0.29) is 11.4 Å². The van der Waals surface area contributed by atoms with Crippen molar-refractivity contribution in [3.05, 3.63) is 12.7 Å². The highest BCUT2D eigenvalue weighted by atomic mass is 16.2. The number of hydrogen-bond acceptors (Lipinski definition) is 4. The monoisotopic (exact) mass is 211 g/mol. The fourth-order valence-corrected chi connectivity index (χ4v) is 0.980. The Balaban J connectivity index is 2.82. The summed E-state index contributed by atoms with van der Waals surface area (Å²) in [7, 11) is 1.13. The third-order valence-corrected chi connectivity index (χ3v) is 1.77. The van der Waals surface area contributed by atoms with Gasteiger partial charge in [-0.1, -0.05) is 6.08 Å². The number of nitrogens with one attached hydrogen (secondary N) is 1. The largest absolute Gasteiger partial charge is 0.342 e. The van der Waals surface area contributed by atoms with Crippen LogP contribution in [0.2, 0.25) is 0 Å². The molecular formula is C8H9N3O4. The fraction of sp³-hybridized carbons (Fsp3) is 0.250. The van der Waals surface area contributed by atoms with Gasteiger partial charge in [0.25, 0.3) is 0 Å². The van der Waals surface area contributed by atoms with E-state index in [0.29, 0.717) is 4.90 Å². The molecule has 1 heterocycles. The van der Waals surface area contributed by atoms with Crippen molar-refractivity contribution in [2.24, 2.45) is 0 Å². The molecule has 1 saturated heterocycles. The molecule has 7 nitrogen and oxygen atoms in total. The second-order valence-electron chi connectivity index (χ2n) is 2.76. The summed E-state index contributed by atoms with van der Waals surface area (Å²) in [5.74, 6) is -2.17. The van der Waals surface area contributed by atoms with Crippen LogP contribution in [0.15, 0.2) is 12.7 Å². The van der Waals surface area contributed by atoms with Gasteiger partial charge in [-0.25, -0.2) is 9.59 Å². The van der Waals surface area contributed by atoms with Crippen LogP contribution in [0, 0.1) is 0 Å². The number of hydrogen-bond donors (Lipinski definition) is 1. The summed E-state index contributed by atoms with van der Waals surface area (Å²) in [6.45, 7) is 3.45. The first-order chi connectivity index (χ1) is 7.00. The van der Waals surface area contributed by atoms with Crippen LogP contribution in [0.5, 0.6) is 0 Å². The Bertz CT molecular complexity index is 363. The molecule has 6 amide bonds. The first-order valence-electron chi connectivity index (χ1n) is 4.05. The third-order valence-electron chi connectivity index (χ3n) is 1.77. The average Bonchev–Trinajstić information content (AvgIpc) is 2.40. The molecule has 0 radical (unpaired) electrons. The van der Waals surface area contributed by atoms with Gasteiger partial charge in [0.05, 0.1) is 0 Å². The highest BCUT2D eigenvalue weighted by Crippen LogP contribution is 2.09. The topological polar surface area (TPSA) is 86.8 Å². The Morgan fingerprint density at radius 1 is 1.40 bits per heavy atom. The quantitative estimate of drug-likeness (QED) is 0.372. The Labute approximate surface area is 85.3 Å². The lowest BCUT2D eigenvalue weighted by Gasteiger charge is -2.10. The molecule has 0 atom stereocenters. The molecule has 0 bridgehead atoms. The lowest BCUT2D eigenvalue weighted by molar-refractivity contribution is -0.141. The number of nitrogens with zero attached hydrogens (tertiary/aromatic N) is 2.